The molecule has 2 fully saturated rings. The number of benzene rings is 8. The topological polar surface area (TPSA) is 0 Å². The standard InChI is InChI=1S/C40H34P2.C20H25P.C5H10/c1-5-13-35(14-6-1)41(36-15-7-2-8-16-36)39-29-31-21-25-33(39)27-23-32-22-26-34(28-24-31)40(30-32)42(37-17-9-3-10-18-37)38-19-11-4-12-20-38;1-16(2)19-14-9-15-20(19)21(17-10-5-3-6-11-17)18-12-7-4-8-13-18;1-2-4-5-3-1/h1-22,25-26,29-30H,23-24,27-28H2;3-8,10-13,16,19-20H,9,14-15H2,1-2H3;1-5H2. The number of aryl methyl sites for hydroxylation is 4. The van der Waals surface area contributed by atoms with Crippen molar-refractivity contribution in [2.24, 2.45) is 11.8 Å². The molecule has 0 aromatic heterocycles. The molecule has 8 aromatic rings. The lowest BCUT2D eigenvalue weighted by Gasteiger charge is -2.32. The lowest BCUT2D eigenvalue weighted by Crippen LogP contribution is -2.27. The molecule has 0 saturated heterocycles. The normalized spacial score (nSPS) is 16.5. The van der Waals surface area contributed by atoms with Crippen LogP contribution in [0.4, 0.5) is 0 Å². The van der Waals surface area contributed by atoms with Gasteiger partial charge in [-0.25, -0.2) is 0 Å². The summed E-state index contributed by atoms with van der Waals surface area (Å²) in [6, 6.07) is 81.8. The van der Waals surface area contributed by atoms with Gasteiger partial charge in [-0.3, -0.25) is 0 Å². The maximum atomic E-state index is 2.55. The number of rotatable bonds is 10. The van der Waals surface area contributed by atoms with Crippen LogP contribution in [0.3, 0.4) is 0 Å². The third-order valence-corrected chi connectivity index (χ3v) is 22.3. The third-order valence-electron chi connectivity index (χ3n) is 14.2. The van der Waals surface area contributed by atoms with Gasteiger partial charge in [-0.15, -0.1) is 0 Å². The Morgan fingerprint density at radius 1 is 0.338 bits per heavy atom. The molecule has 14 rings (SSSR count). The summed E-state index contributed by atoms with van der Waals surface area (Å²) in [5.74, 6) is 1.69. The van der Waals surface area contributed by atoms with E-state index in [9.17, 15) is 0 Å². The molecule has 2 saturated carbocycles. The molecule has 0 nitrogen and oxygen atoms in total. The molecule has 2 atom stereocenters. The minimum atomic E-state index is -0.630. The number of hydrogen-bond acceptors (Lipinski definition) is 0. The van der Waals surface area contributed by atoms with Gasteiger partial charge in [0.2, 0.25) is 0 Å². The highest BCUT2D eigenvalue weighted by Crippen LogP contribution is 2.52. The van der Waals surface area contributed by atoms with E-state index in [0.717, 1.165) is 43.2 Å². The minimum absolute atomic E-state index is 0.224. The van der Waals surface area contributed by atoms with Gasteiger partial charge in [0, 0.05) is 0 Å². The molecule has 0 radical (unpaired) electrons. The van der Waals surface area contributed by atoms with Crippen LogP contribution in [-0.4, -0.2) is 5.66 Å². The predicted molar refractivity (Wildman–Crippen MR) is 303 cm³/mol. The van der Waals surface area contributed by atoms with Crippen molar-refractivity contribution in [3.05, 3.63) is 241 Å². The second kappa shape index (κ2) is 24.6. The Morgan fingerprint density at radius 2 is 0.662 bits per heavy atom. The van der Waals surface area contributed by atoms with Crippen LogP contribution >= 0.6 is 23.8 Å². The van der Waals surface area contributed by atoms with Crippen LogP contribution in [0.25, 0.3) is 0 Å². The van der Waals surface area contributed by atoms with Crippen molar-refractivity contribution in [2.45, 2.75) is 96.6 Å². The van der Waals surface area contributed by atoms with E-state index in [2.05, 4.69) is 232 Å². The first-order valence-corrected chi connectivity index (χ1v) is 29.6. The second-order valence-corrected chi connectivity index (χ2v) is 26.0. The van der Waals surface area contributed by atoms with Gasteiger partial charge in [0.15, 0.2) is 0 Å². The molecular formula is C65H69P3. The van der Waals surface area contributed by atoms with Crippen molar-refractivity contribution in [3.8, 4) is 0 Å². The molecule has 0 spiro atoms. The van der Waals surface area contributed by atoms with E-state index in [1.165, 1.54) is 105 Å². The Labute approximate surface area is 413 Å². The second-order valence-electron chi connectivity index (χ2n) is 19.2. The highest BCUT2D eigenvalue weighted by molar-refractivity contribution is 7.80. The fraction of sp³-hybridized carbons (Fsp3) is 0.262. The van der Waals surface area contributed by atoms with E-state index in [4.69, 9.17) is 0 Å². The fourth-order valence-corrected chi connectivity index (χ4v) is 19.2. The fourth-order valence-electron chi connectivity index (χ4n) is 10.8. The van der Waals surface area contributed by atoms with Gasteiger partial charge >= 0.3 is 0 Å². The van der Waals surface area contributed by atoms with Crippen LogP contribution < -0.4 is 42.4 Å². The van der Waals surface area contributed by atoms with Gasteiger partial charge < -0.3 is 0 Å². The molecule has 68 heavy (non-hydrogen) atoms. The lowest BCUT2D eigenvalue weighted by atomic mass is 9.94. The largest absolute Gasteiger partial charge is 0.0625 e. The Kier molecular flexibility index (Phi) is 17.4. The molecule has 0 N–H and O–H groups in total. The summed E-state index contributed by atoms with van der Waals surface area (Å²) >= 11 is 0. The zero-order valence-electron chi connectivity index (χ0n) is 40.3. The molecule has 8 aromatic carbocycles. The highest BCUT2D eigenvalue weighted by Gasteiger charge is 2.36. The van der Waals surface area contributed by atoms with Crippen molar-refractivity contribution in [1.82, 2.24) is 0 Å². The molecule has 2 unspecified atom stereocenters. The molecule has 6 aliphatic rings. The predicted octanol–water partition coefficient (Wildman–Crippen LogP) is 14.0. The molecule has 6 aliphatic carbocycles. The van der Waals surface area contributed by atoms with Crippen LogP contribution in [0.1, 0.15) is 87.5 Å². The third kappa shape index (κ3) is 12.3. The summed E-state index contributed by atoms with van der Waals surface area (Å²) in [6.07, 6.45) is 15.9. The molecule has 0 heterocycles. The minimum Gasteiger partial charge on any atom is -0.0625 e. The van der Waals surface area contributed by atoms with Gasteiger partial charge in [0.1, 0.15) is 0 Å². The summed E-state index contributed by atoms with van der Waals surface area (Å²) in [5, 5.41) is 11.8. The Hall–Kier alpha value is -4.95. The molecule has 0 aliphatic heterocycles. The van der Waals surface area contributed by atoms with Crippen molar-refractivity contribution < 1.29 is 0 Å². The first-order chi connectivity index (χ1) is 33.6. The quantitative estimate of drug-likeness (QED) is 0.120. The lowest BCUT2D eigenvalue weighted by molar-refractivity contribution is 0.402. The van der Waals surface area contributed by atoms with Crippen LogP contribution in [-0.2, 0) is 25.7 Å². The van der Waals surface area contributed by atoms with Crippen molar-refractivity contribution in [3.63, 3.8) is 0 Å². The SMILES string of the molecule is C1CCCC1.CC(C)C1CCCC1P(c1ccccc1)c1ccccc1.c1ccc(P(c2ccccc2)c2cc3ccc2CCc2ccc(c(P(c4ccccc4)c4ccccc4)c2)CC3)cc1. The van der Waals surface area contributed by atoms with Gasteiger partial charge in [-0.2, -0.15) is 0 Å². The average Bonchev–Trinajstić information content (AvgIpc) is 4.15. The monoisotopic (exact) mass is 942 g/mol. The Bertz CT molecular complexity index is 2460. The van der Waals surface area contributed by atoms with Gasteiger partial charge in [0.05, 0.1) is 0 Å². The molecule has 344 valence electrons. The van der Waals surface area contributed by atoms with E-state index in [0.29, 0.717) is 0 Å². The zero-order valence-corrected chi connectivity index (χ0v) is 43.0. The van der Waals surface area contributed by atoms with E-state index < -0.39 is 15.8 Å². The van der Waals surface area contributed by atoms with Crippen LogP contribution in [0, 0.1) is 11.8 Å². The van der Waals surface area contributed by atoms with E-state index in [-0.39, 0.29) is 7.92 Å². The Morgan fingerprint density at radius 3 is 0.985 bits per heavy atom. The average molecular weight is 943 g/mol. The van der Waals surface area contributed by atoms with Crippen molar-refractivity contribution in [1.29, 1.82) is 0 Å². The molecule has 4 bridgehead atoms. The summed E-state index contributed by atoms with van der Waals surface area (Å²) in [7, 11) is -1.48. The summed E-state index contributed by atoms with van der Waals surface area (Å²) < 4.78 is 0. The van der Waals surface area contributed by atoms with E-state index >= 15 is 0 Å². The Balaban J connectivity index is 0.000000184. The summed E-state index contributed by atoms with van der Waals surface area (Å²) in [5.41, 5.74) is 6.69. The zero-order chi connectivity index (χ0) is 46.3. The van der Waals surface area contributed by atoms with Crippen LogP contribution in [0.15, 0.2) is 218 Å². The first kappa shape index (κ1) is 48.1. The van der Waals surface area contributed by atoms with E-state index in [1.807, 2.05) is 0 Å². The van der Waals surface area contributed by atoms with Gasteiger partial charge in [-0.05, 0) is 144 Å². The van der Waals surface area contributed by atoms with E-state index in [1.54, 1.807) is 10.6 Å². The summed E-state index contributed by atoms with van der Waals surface area (Å²) in [6.45, 7) is 4.82. The molecule has 3 heteroatoms. The van der Waals surface area contributed by atoms with Crippen molar-refractivity contribution in [2.75, 3.05) is 0 Å². The maximum absolute atomic E-state index is 2.55. The molecular weight excluding hydrogens is 874 g/mol. The van der Waals surface area contributed by atoms with Gasteiger partial charge in [-0.1, -0.05) is 271 Å². The smallest absolute Gasteiger partial charge is 0.00980 e. The number of hydrogen-bond donors (Lipinski definition) is 0. The summed E-state index contributed by atoms with van der Waals surface area (Å²) in [4.78, 5) is 0. The highest BCUT2D eigenvalue weighted by atomic mass is 31.1. The first-order valence-electron chi connectivity index (χ1n) is 25.5. The molecule has 0 amide bonds. The van der Waals surface area contributed by atoms with Gasteiger partial charge in [0.25, 0.3) is 0 Å². The van der Waals surface area contributed by atoms with Crippen molar-refractivity contribution >= 4 is 66.2 Å². The van der Waals surface area contributed by atoms with Crippen LogP contribution in [0.2, 0.25) is 0 Å². The maximum Gasteiger partial charge on any atom is -0.00980 e. The van der Waals surface area contributed by atoms with Crippen LogP contribution in [0.5, 0.6) is 0 Å².